The van der Waals surface area contributed by atoms with Gasteiger partial charge in [-0.15, -0.1) is 11.8 Å². The first-order valence-electron chi connectivity index (χ1n) is 5.44. The van der Waals surface area contributed by atoms with Crippen LogP contribution < -0.4 is 4.74 Å². The molecule has 0 aliphatic carbocycles. The van der Waals surface area contributed by atoms with Crippen LogP contribution in [-0.4, -0.2) is 17.9 Å². The van der Waals surface area contributed by atoms with Crippen molar-refractivity contribution >= 4 is 11.8 Å². The monoisotopic (exact) mass is 287 g/mol. The molecular formula is C13H12F3NOS. The van der Waals surface area contributed by atoms with Crippen molar-refractivity contribution < 1.29 is 17.9 Å². The van der Waals surface area contributed by atoms with Gasteiger partial charge >= 0.3 is 6.18 Å². The fourth-order valence-electron chi connectivity index (χ4n) is 1.79. The van der Waals surface area contributed by atoms with Crippen molar-refractivity contribution in [2.75, 3.05) is 13.4 Å². The molecule has 0 aliphatic heterocycles. The maximum absolute atomic E-state index is 12.7. The Hall–Kier alpha value is -1.56. The summed E-state index contributed by atoms with van der Waals surface area (Å²) >= 11 is 1.42. The minimum Gasteiger partial charge on any atom is -0.494 e. The Morgan fingerprint density at radius 1 is 1.21 bits per heavy atom. The lowest BCUT2D eigenvalue weighted by Crippen LogP contribution is -2.06. The highest BCUT2D eigenvalue weighted by molar-refractivity contribution is 7.98. The van der Waals surface area contributed by atoms with E-state index in [-0.39, 0.29) is 0 Å². The molecule has 1 aromatic heterocycles. The fraction of sp³-hybridized carbons (Fsp3) is 0.231. The predicted molar refractivity (Wildman–Crippen MR) is 69.1 cm³/mol. The van der Waals surface area contributed by atoms with E-state index in [1.807, 2.05) is 6.26 Å². The van der Waals surface area contributed by atoms with Crippen LogP contribution >= 0.6 is 11.8 Å². The number of hydrogen-bond donors (Lipinski definition) is 0. The molecule has 0 unspecified atom stereocenters. The third-order valence-electron chi connectivity index (χ3n) is 2.67. The van der Waals surface area contributed by atoms with Gasteiger partial charge in [-0.3, -0.25) is 0 Å². The van der Waals surface area contributed by atoms with E-state index in [1.54, 1.807) is 22.9 Å². The summed E-state index contributed by atoms with van der Waals surface area (Å²) in [5, 5.41) is 0.766. The zero-order chi connectivity index (χ0) is 14.0. The number of thioether (sulfide) groups is 1. The summed E-state index contributed by atoms with van der Waals surface area (Å²) in [4.78, 5) is 0. The van der Waals surface area contributed by atoms with Crippen LogP contribution in [0.1, 0.15) is 5.56 Å². The van der Waals surface area contributed by atoms with Gasteiger partial charge in [0.25, 0.3) is 0 Å². The van der Waals surface area contributed by atoms with Crippen molar-refractivity contribution in [1.82, 2.24) is 4.57 Å². The lowest BCUT2D eigenvalue weighted by molar-refractivity contribution is -0.137. The summed E-state index contributed by atoms with van der Waals surface area (Å²) in [5.74, 6) is 0.643. The SMILES string of the molecule is COc1ccn(-c2cccc(C(F)(F)F)c2)c1SC. The third kappa shape index (κ3) is 2.73. The predicted octanol–water partition coefficient (Wildman–Crippen LogP) is 4.23. The van der Waals surface area contributed by atoms with E-state index in [9.17, 15) is 13.2 Å². The van der Waals surface area contributed by atoms with E-state index < -0.39 is 11.7 Å². The number of ether oxygens (including phenoxy) is 1. The van der Waals surface area contributed by atoms with Gasteiger partial charge in [-0.05, 0) is 30.5 Å². The van der Waals surface area contributed by atoms with Crippen LogP contribution in [0, 0.1) is 0 Å². The van der Waals surface area contributed by atoms with E-state index in [1.165, 1.54) is 24.9 Å². The molecule has 1 heterocycles. The molecule has 0 amide bonds. The van der Waals surface area contributed by atoms with Gasteiger partial charge in [-0.2, -0.15) is 13.2 Å². The quantitative estimate of drug-likeness (QED) is 0.784. The van der Waals surface area contributed by atoms with Crippen molar-refractivity contribution in [3.8, 4) is 11.4 Å². The standard InChI is InChI=1S/C13H12F3NOS/c1-18-11-6-7-17(12(11)19-2)10-5-3-4-9(8-10)13(14,15)16/h3-8H,1-2H3. The summed E-state index contributed by atoms with van der Waals surface area (Å²) in [6.07, 6.45) is -0.797. The van der Waals surface area contributed by atoms with Gasteiger partial charge in [0.2, 0.25) is 0 Å². The van der Waals surface area contributed by atoms with Crippen molar-refractivity contribution in [3.05, 3.63) is 42.1 Å². The summed E-state index contributed by atoms with van der Waals surface area (Å²) < 4.78 is 44.9. The van der Waals surface area contributed by atoms with Crippen LogP contribution in [0.15, 0.2) is 41.6 Å². The van der Waals surface area contributed by atoms with Gasteiger partial charge in [-0.25, -0.2) is 0 Å². The van der Waals surface area contributed by atoms with E-state index >= 15 is 0 Å². The maximum atomic E-state index is 12.7. The Balaban J connectivity index is 2.51. The zero-order valence-electron chi connectivity index (χ0n) is 10.4. The maximum Gasteiger partial charge on any atom is 0.416 e. The van der Waals surface area contributed by atoms with Crippen molar-refractivity contribution in [2.45, 2.75) is 11.2 Å². The van der Waals surface area contributed by atoms with Crippen LogP contribution in [0.4, 0.5) is 13.2 Å². The lowest BCUT2D eigenvalue weighted by Gasteiger charge is -2.12. The second-order valence-electron chi connectivity index (χ2n) is 3.81. The molecule has 2 nitrogen and oxygen atoms in total. The number of rotatable bonds is 3. The van der Waals surface area contributed by atoms with Gasteiger partial charge in [0.15, 0.2) is 5.75 Å². The van der Waals surface area contributed by atoms with E-state index in [4.69, 9.17) is 4.74 Å². The first-order valence-corrected chi connectivity index (χ1v) is 6.67. The molecule has 6 heteroatoms. The topological polar surface area (TPSA) is 14.2 Å². The summed E-state index contributed by atoms with van der Waals surface area (Å²) in [6.45, 7) is 0. The average Bonchev–Trinajstić information content (AvgIpc) is 2.80. The van der Waals surface area contributed by atoms with Crippen molar-refractivity contribution in [1.29, 1.82) is 0 Å². The molecule has 0 aliphatic rings. The van der Waals surface area contributed by atoms with E-state index in [0.29, 0.717) is 11.4 Å². The number of hydrogen-bond acceptors (Lipinski definition) is 2. The zero-order valence-corrected chi connectivity index (χ0v) is 11.2. The highest BCUT2D eigenvalue weighted by Crippen LogP contribution is 2.34. The molecule has 1 aromatic carbocycles. The van der Waals surface area contributed by atoms with Gasteiger partial charge in [0.1, 0.15) is 5.03 Å². The fourth-order valence-corrected chi connectivity index (χ4v) is 2.51. The van der Waals surface area contributed by atoms with Gasteiger partial charge in [0.05, 0.1) is 12.7 Å². The molecule has 0 fully saturated rings. The highest BCUT2D eigenvalue weighted by atomic mass is 32.2. The molecule has 2 aromatic rings. The highest BCUT2D eigenvalue weighted by Gasteiger charge is 2.30. The van der Waals surface area contributed by atoms with Crippen LogP contribution in [0.3, 0.4) is 0 Å². The molecule has 0 N–H and O–H groups in total. The molecule has 102 valence electrons. The lowest BCUT2D eigenvalue weighted by atomic mass is 10.2. The van der Waals surface area contributed by atoms with Crippen LogP contribution in [0.5, 0.6) is 5.75 Å². The first-order chi connectivity index (χ1) is 8.97. The molecule has 0 saturated heterocycles. The number of aromatic nitrogens is 1. The first kappa shape index (κ1) is 13.9. The van der Waals surface area contributed by atoms with Crippen molar-refractivity contribution in [2.24, 2.45) is 0 Å². The Labute approximate surface area is 113 Å². The molecule has 2 rings (SSSR count). The number of methoxy groups -OCH3 is 1. The van der Waals surface area contributed by atoms with Crippen LogP contribution in [-0.2, 0) is 6.18 Å². The second kappa shape index (κ2) is 5.21. The van der Waals surface area contributed by atoms with Gasteiger partial charge in [0, 0.05) is 11.9 Å². The smallest absolute Gasteiger partial charge is 0.416 e. The number of alkyl halides is 3. The average molecular weight is 287 g/mol. The Kier molecular flexibility index (Phi) is 3.80. The molecule has 0 radical (unpaired) electrons. The Morgan fingerprint density at radius 2 is 1.95 bits per heavy atom. The molecule has 0 spiro atoms. The Bertz CT molecular complexity index is 578. The van der Waals surface area contributed by atoms with Gasteiger partial charge < -0.3 is 9.30 Å². The van der Waals surface area contributed by atoms with Gasteiger partial charge in [-0.1, -0.05) is 6.07 Å². The van der Waals surface area contributed by atoms with Crippen molar-refractivity contribution in [3.63, 3.8) is 0 Å². The molecule has 0 bridgehead atoms. The largest absolute Gasteiger partial charge is 0.494 e. The summed E-state index contributed by atoms with van der Waals surface area (Å²) in [7, 11) is 1.53. The minimum absolute atomic E-state index is 0.461. The number of halogens is 3. The number of benzene rings is 1. The Morgan fingerprint density at radius 3 is 2.53 bits per heavy atom. The third-order valence-corrected chi connectivity index (χ3v) is 3.45. The van der Waals surface area contributed by atoms with Crippen LogP contribution in [0.2, 0.25) is 0 Å². The molecule has 0 atom stereocenters. The molecular weight excluding hydrogens is 275 g/mol. The minimum atomic E-state index is -4.34. The summed E-state index contributed by atoms with van der Waals surface area (Å²) in [5.41, 5.74) is -0.202. The van der Waals surface area contributed by atoms with E-state index in [0.717, 1.165) is 17.2 Å². The molecule has 0 saturated carbocycles. The number of nitrogens with zero attached hydrogens (tertiary/aromatic N) is 1. The normalized spacial score (nSPS) is 11.6. The second-order valence-corrected chi connectivity index (χ2v) is 4.61. The molecule has 19 heavy (non-hydrogen) atoms. The van der Waals surface area contributed by atoms with Crippen LogP contribution in [0.25, 0.3) is 5.69 Å². The summed E-state index contributed by atoms with van der Waals surface area (Å²) in [6, 6.07) is 6.94. The van der Waals surface area contributed by atoms with E-state index in [2.05, 4.69) is 0 Å².